The Labute approximate surface area is 265 Å². The van der Waals surface area contributed by atoms with Crippen molar-refractivity contribution < 1.29 is 28.0 Å². The Hall–Kier alpha value is -0.960. The smallest absolute Gasteiger partial charge is 0.266 e. The summed E-state index contributed by atoms with van der Waals surface area (Å²) < 4.78 is 32.2. The van der Waals surface area contributed by atoms with Crippen LogP contribution in [-0.2, 0) is 14.9 Å². The molecule has 0 fully saturated rings. The summed E-state index contributed by atoms with van der Waals surface area (Å²) in [5.74, 6) is -1.46. The molecule has 0 aliphatic heterocycles. The average Bonchev–Trinajstić information content (AvgIpc) is 2.96. The predicted molar refractivity (Wildman–Crippen MR) is 181 cm³/mol. The third-order valence-electron chi connectivity index (χ3n) is 8.33. The van der Waals surface area contributed by atoms with Crippen LogP contribution in [-0.4, -0.2) is 53.1 Å². The fraction of sp³-hybridized carbons (Fsp3) is 0.914. The number of aliphatic hydroxyl groups excluding tert-OH is 2. The summed E-state index contributed by atoms with van der Waals surface area (Å²) in [4.78, 5) is 12.5. The second kappa shape index (κ2) is 29.7. The van der Waals surface area contributed by atoms with E-state index in [1.54, 1.807) is 0 Å². The fourth-order valence-electron chi connectivity index (χ4n) is 5.51. The maximum Gasteiger partial charge on any atom is 0.266 e. The first kappa shape index (κ1) is 42.0. The molecule has 0 rings (SSSR count). The standard InChI is InChI=1S/C35H69NO6S/c1-3-5-7-9-11-12-13-14-15-16-17-18-19-20-21-22-23-24-26-28-30-34(38)35(39)36-32(31-43(40,41)42)33(37)29-27-25-10-8-6-4-2/h18-19,32-34,37-38H,3-17,20-31H2,1-2H3,(H,36,39)(H,40,41,42)/b19-18-. The van der Waals surface area contributed by atoms with Crippen LogP contribution in [0.2, 0.25) is 0 Å². The molecule has 0 aromatic heterocycles. The highest BCUT2D eigenvalue weighted by Gasteiger charge is 2.28. The first-order chi connectivity index (χ1) is 20.7. The molecule has 0 aliphatic carbocycles. The van der Waals surface area contributed by atoms with E-state index in [0.717, 1.165) is 51.4 Å². The molecule has 3 unspecified atom stereocenters. The lowest BCUT2D eigenvalue weighted by Crippen LogP contribution is -2.50. The molecule has 0 bridgehead atoms. The van der Waals surface area contributed by atoms with Crippen LogP contribution < -0.4 is 5.32 Å². The van der Waals surface area contributed by atoms with Gasteiger partial charge in [0.15, 0.2) is 0 Å². The number of carbonyl (C=O) groups excluding carboxylic acids is 1. The van der Waals surface area contributed by atoms with E-state index >= 15 is 0 Å². The summed E-state index contributed by atoms with van der Waals surface area (Å²) in [6.45, 7) is 4.41. The van der Waals surface area contributed by atoms with Gasteiger partial charge in [0.25, 0.3) is 10.1 Å². The SMILES string of the molecule is CCCCCCCCCCCC/C=C\CCCCCCCCC(O)C(=O)NC(CS(=O)(=O)O)C(O)CCCCCCCC. The van der Waals surface area contributed by atoms with Gasteiger partial charge in [0.2, 0.25) is 5.91 Å². The van der Waals surface area contributed by atoms with E-state index < -0.39 is 40.0 Å². The first-order valence-electron chi connectivity index (χ1n) is 18.0. The number of amides is 1. The number of rotatable bonds is 32. The van der Waals surface area contributed by atoms with Gasteiger partial charge in [0, 0.05) is 0 Å². The highest BCUT2D eigenvalue weighted by molar-refractivity contribution is 7.85. The lowest BCUT2D eigenvalue weighted by molar-refractivity contribution is -0.131. The summed E-state index contributed by atoms with van der Waals surface area (Å²) in [5, 5.41) is 23.2. The molecule has 43 heavy (non-hydrogen) atoms. The van der Waals surface area contributed by atoms with E-state index in [1.807, 2.05) is 0 Å². The van der Waals surface area contributed by atoms with Gasteiger partial charge in [-0.3, -0.25) is 9.35 Å². The molecule has 4 N–H and O–H groups in total. The van der Waals surface area contributed by atoms with E-state index in [9.17, 15) is 28.0 Å². The maximum atomic E-state index is 12.5. The summed E-state index contributed by atoms with van der Waals surface area (Å²) in [5.41, 5.74) is 0. The number of unbranched alkanes of at least 4 members (excludes halogenated alkanes) is 21. The Morgan fingerprint density at radius 3 is 1.40 bits per heavy atom. The lowest BCUT2D eigenvalue weighted by atomic mass is 10.0. The zero-order chi connectivity index (χ0) is 32.0. The molecule has 0 saturated heterocycles. The molecule has 1 amide bonds. The molecular formula is C35H69NO6S. The largest absolute Gasteiger partial charge is 0.391 e. The maximum absolute atomic E-state index is 12.5. The molecule has 0 saturated carbocycles. The Morgan fingerprint density at radius 2 is 0.977 bits per heavy atom. The topological polar surface area (TPSA) is 124 Å². The van der Waals surface area contributed by atoms with Gasteiger partial charge in [0.1, 0.15) is 6.10 Å². The first-order valence-corrected chi connectivity index (χ1v) is 19.6. The molecule has 0 aromatic rings. The third kappa shape index (κ3) is 29.5. The van der Waals surface area contributed by atoms with Crippen molar-refractivity contribution >= 4 is 16.0 Å². The second-order valence-corrected chi connectivity index (χ2v) is 14.1. The van der Waals surface area contributed by atoms with Crippen LogP contribution in [0.4, 0.5) is 0 Å². The van der Waals surface area contributed by atoms with Crippen LogP contribution in [0, 0.1) is 0 Å². The van der Waals surface area contributed by atoms with Crippen molar-refractivity contribution in [3.8, 4) is 0 Å². The van der Waals surface area contributed by atoms with Gasteiger partial charge in [-0.05, 0) is 38.5 Å². The minimum Gasteiger partial charge on any atom is -0.391 e. The minimum atomic E-state index is -4.39. The van der Waals surface area contributed by atoms with E-state index in [4.69, 9.17) is 0 Å². The van der Waals surface area contributed by atoms with Crippen molar-refractivity contribution in [1.29, 1.82) is 0 Å². The molecule has 0 spiro atoms. The average molecular weight is 632 g/mol. The van der Waals surface area contributed by atoms with Crippen molar-refractivity contribution in [3.05, 3.63) is 12.2 Å². The number of nitrogens with one attached hydrogen (secondary N) is 1. The quantitative estimate of drug-likeness (QED) is 0.0334. The molecular weight excluding hydrogens is 562 g/mol. The monoisotopic (exact) mass is 631 g/mol. The van der Waals surface area contributed by atoms with Gasteiger partial charge in [-0.1, -0.05) is 154 Å². The van der Waals surface area contributed by atoms with Crippen LogP contribution in [0.25, 0.3) is 0 Å². The van der Waals surface area contributed by atoms with Crippen molar-refractivity contribution in [1.82, 2.24) is 5.32 Å². The summed E-state index contributed by atoms with van der Waals surface area (Å²) in [6.07, 6.45) is 31.3. The molecule has 0 aromatic carbocycles. The van der Waals surface area contributed by atoms with Gasteiger partial charge < -0.3 is 15.5 Å². The number of aliphatic hydroxyl groups is 2. The second-order valence-electron chi connectivity index (χ2n) is 12.6. The van der Waals surface area contributed by atoms with Crippen LogP contribution in [0.1, 0.15) is 181 Å². The minimum absolute atomic E-state index is 0.291. The van der Waals surface area contributed by atoms with Crippen LogP contribution >= 0.6 is 0 Å². The highest BCUT2D eigenvalue weighted by Crippen LogP contribution is 2.15. The molecule has 0 heterocycles. The van der Waals surface area contributed by atoms with Gasteiger partial charge in [-0.25, -0.2) is 0 Å². The Kier molecular flexibility index (Phi) is 29.1. The molecule has 7 nitrogen and oxygen atoms in total. The Morgan fingerprint density at radius 1 is 0.605 bits per heavy atom. The lowest BCUT2D eigenvalue weighted by Gasteiger charge is -2.24. The van der Waals surface area contributed by atoms with Crippen molar-refractivity contribution in [2.45, 2.75) is 199 Å². The molecule has 0 aliphatic rings. The van der Waals surface area contributed by atoms with Crippen LogP contribution in [0.3, 0.4) is 0 Å². The summed E-state index contributed by atoms with van der Waals surface area (Å²) in [6, 6.07) is -1.14. The van der Waals surface area contributed by atoms with Crippen molar-refractivity contribution in [2.75, 3.05) is 5.75 Å². The van der Waals surface area contributed by atoms with E-state index in [2.05, 4.69) is 31.3 Å². The Balaban J connectivity index is 3.89. The van der Waals surface area contributed by atoms with E-state index in [-0.39, 0.29) is 0 Å². The fourth-order valence-corrected chi connectivity index (χ4v) is 6.27. The van der Waals surface area contributed by atoms with Crippen LogP contribution in [0.5, 0.6) is 0 Å². The van der Waals surface area contributed by atoms with Gasteiger partial charge >= 0.3 is 0 Å². The van der Waals surface area contributed by atoms with Gasteiger partial charge in [0.05, 0.1) is 17.9 Å². The van der Waals surface area contributed by atoms with Gasteiger partial charge in [-0.2, -0.15) is 8.42 Å². The van der Waals surface area contributed by atoms with Gasteiger partial charge in [-0.15, -0.1) is 0 Å². The molecule has 3 atom stereocenters. The molecule has 0 radical (unpaired) electrons. The predicted octanol–water partition coefficient (Wildman–Crippen LogP) is 8.82. The normalized spacial score (nSPS) is 14.3. The zero-order valence-electron chi connectivity index (χ0n) is 28.0. The molecule has 256 valence electrons. The van der Waals surface area contributed by atoms with E-state index in [0.29, 0.717) is 25.7 Å². The summed E-state index contributed by atoms with van der Waals surface area (Å²) >= 11 is 0. The summed E-state index contributed by atoms with van der Waals surface area (Å²) in [7, 11) is -4.39. The van der Waals surface area contributed by atoms with Crippen molar-refractivity contribution in [3.63, 3.8) is 0 Å². The van der Waals surface area contributed by atoms with E-state index in [1.165, 1.54) is 89.9 Å². The number of carbonyl (C=O) groups is 1. The number of allylic oxidation sites excluding steroid dienone is 2. The van der Waals surface area contributed by atoms with Crippen LogP contribution in [0.15, 0.2) is 12.2 Å². The Bertz CT molecular complexity index is 757. The number of hydrogen-bond acceptors (Lipinski definition) is 5. The zero-order valence-corrected chi connectivity index (χ0v) is 28.8. The molecule has 8 heteroatoms. The highest BCUT2D eigenvalue weighted by atomic mass is 32.2. The number of hydrogen-bond donors (Lipinski definition) is 4. The third-order valence-corrected chi connectivity index (χ3v) is 9.11. The van der Waals surface area contributed by atoms with Crippen molar-refractivity contribution in [2.24, 2.45) is 0 Å².